The summed E-state index contributed by atoms with van der Waals surface area (Å²) in [7, 11) is 0. The Labute approximate surface area is 94.7 Å². The number of thiazole rings is 1. The molecule has 0 atom stereocenters. The topological polar surface area (TPSA) is 33.1 Å². The Bertz CT molecular complexity index is 470. The van der Waals surface area contributed by atoms with Gasteiger partial charge in [-0.25, -0.2) is 4.98 Å². The molecule has 0 saturated carbocycles. The molecule has 1 aromatic carbocycles. The van der Waals surface area contributed by atoms with Crippen molar-refractivity contribution in [1.82, 2.24) is 4.98 Å². The molecular formula is C9H5Cl2NOS. The van der Waals surface area contributed by atoms with E-state index in [0.29, 0.717) is 15.1 Å². The van der Waals surface area contributed by atoms with Crippen molar-refractivity contribution >= 4 is 34.5 Å². The van der Waals surface area contributed by atoms with Crippen LogP contribution in [0.25, 0.3) is 10.6 Å². The first-order valence-electron chi connectivity index (χ1n) is 3.77. The van der Waals surface area contributed by atoms with Crippen LogP contribution in [0.1, 0.15) is 0 Å². The Morgan fingerprint density at radius 1 is 1.29 bits per heavy atom. The second-order valence-electron chi connectivity index (χ2n) is 2.64. The van der Waals surface area contributed by atoms with Gasteiger partial charge in [-0.2, -0.15) is 0 Å². The van der Waals surface area contributed by atoms with Gasteiger partial charge in [-0.1, -0.05) is 23.2 Å². The predicted molar refractivity (Wildman–Crippen MR) is 59.2 cm³/mol. The second-order valence-corrected chi connectivity index (χ2v) is 4.34. The first-order chi connectivity index (χ1) is 6.66. The largest absolute Gasteiger partial charge is 0.493 e. The van der Waals surface area contributed by atoms with Crippen LogP contribution in [0.15, 0.2) is 23.6 Å². The highest BCUT2D eigenvalue weighted by Crippen LogP contribution is 2.33. The highest BCUT2D eigenvalue weighted by atomic mass is 35.5. The summed E-state index contributed by atoms with van der Waals surface area (Å²) < 4.78 is 0. The van der Waals surface area contributed by atoms with Crippen LogP contribution in [0.3, 0.4) is 0 Å². The molecule has 0 fully saturated rings. The lowest BCUT2D eigenvalue weighted by molar-refractivity contribution is 0.458. The highest BCUT2D eigenvalue weighted by molar-refractivity contribution is 7.13. The van der Waals surface area contributed by atoms with Crippen molar-refractivity contribution in [2.24, 2.45) is 0 Å². The van der Waals surface area contributed by atoms with Gasteiger partial charge in [0.25, 0.3) is 0 Å². The summed E-state index contributed by atoms with van der Waals surface area (Å²) >= 11 is 13.1. The van der Waals surface area contributed by atoms with Gasteiger partial charge < -0.3 is 5.11 Å². The van der Waals surface area contributed by atoms with E-state index in [2.05, 4.69) is 4.98 Å². The molecule has 0 bridgehead atoms. The minimum atomic E-state index is 0.0102. The number of benzene rings is 1. The van der Waals surface area contributed by atoms with Crippen LogP contribution >= 0.6 is 34.5 Å². The van der Waals surface area contributed by atoms with Crippen LogP contribution in [0.4, 0.5) is 0 Å². The maximum atomic E-state index is 9.09. The van der Waals surface area contributed by atoms with Crippen LogP contribution in [0.2, 0.25) is 10.0 Å². The Morgan fingerprint density at radius 3 is 2.64 bits per heavy atom. The van der Waals surface area contributed by atoms with Crippen LogP contribution < -0.4 is 0 Å². The van der Waals surface area contributed by atoms with Crippen molar-refractivity contribution in [3.8, 4) is 16.5 Å². The van der Waals surface area contributed by atoms with E-state index in [4.69, 9.17) is 28.3 Å². The van der Waals surface area contributed by atoms with Gasteiger partial charge in [-0.3, -0.25) is 0 Å². The number of nitrogens with zero attached hydrogens (tertiary/aromatic N) is 1. The summed E-state index contributed by atoms with van der Waals surface area (Å²) in [5.74, 6) is 0.0102. The molecule has 0 amide bonds. The molecule has 14 heavy (non-hydrogen) atoms. The number of rotatable bonds is 1. The normalized spacial score (nSPS) is 10.4. The lowest BCUT2D eigenvalue weighted by atomic mass is 10.2. The zero-order chi connectivity index (χ0) is 10.1. The van der Waals surface area contributed by atoms with Crippen molar-refractivity contribution < 1.29 is 5.11 Å². The fourth-order valence-electron chi connectivity index (χ4n) is 1.05. The summed E-state index contributed by atoms with van der Waals surface area (Å²) in [5, 5.41) is 12.4. The zero-order valence-corrected chi connectivity index (χ0v) is 9.20. The van der Waals surface area contributed by atoms with Gasteiger partial charge in [-0.15, -0.1) is 11.3 Å². The monoisotopic (exact) mass is 245 g/mol. The second kappa shape index (κ2) is 3.77. The van der Waals surface area contributed by atoms with E-state index in [1.54, 1.807) is 23.6 Å². The van der Waals surface area contributed by atoms with Gasteiger partial charge >= 0.3 is 0 Å². The number of hydrogen-bond donors (Lipinski definition) is 1. The van der Waals surface area contributed by atoms with Crippen molar-refractivity contribution in [1.29, 1.82) is 0 Å². The molecule has 1 heterocycles. The van der Waals surface area contributed by atoms with Crippen molar-refractivity contribution in [2.45, 2.75) is 0 Å². The average molecular weight is 246 g/mol. The van der Waals surface area contributed by atoms with E-state index in [9.17, 15) is 0 Å². The summed E-state index contributed by atoms with van der Waals surface area (Å²) in [5.41, 5.74) is 0.779. The smallest absolute Gasteiger partial charge is 0.222 e. The quantitative estimate of drug-likeness (QED) is 0.829. The molecule has 0 aliphatic heterocycles. The predicted octanol–water partition coefficient (Wildman–Crippen LogP) is 3.82. The number of aromatic hydroxyl groups is 1. The molecule has 0 spiro atoms. The molecule has 2 rings (SSSR count). The summed E-state index contributed by atoms with van der Waals surface area (Å²) in [6.07, 6.45) is 0. The molecule has 0 aliphatic carbocycles. The first-order valence-corrected chi connectivity index (χ1v) is 5.40. The van der Waals surface area contributed by atoms with Gasteiger partial charge in [0.1, 0.15) is 5.01 Å². The van der Waals surface area contributed by atoms with Crippen molar-refractivity contribution in [2.75, 3.05) is 0 Å². The first kappa shape index (κ1) is 9.77. The molecule has 0 unspecified atom stereocenters. The lowest BCUT2D eigenvalue weighted by Gasteiger charge is -1.99. The summed E-state index contributed by atoms with van der Waals surface area (Å²) in [4.78, 5) is 3.92. The van der Waals surface area contributed by atoms with Crippen LogP contribution in [0.5, 0.6) is 5.88 Å². The Morgan fingerprint density at radius 2 is 2.07 bits per heavy atom. The standard InChI is InChI=1S/C9H5Cl2NOS/c10-5-1-2-6(7(11)3-5)9-12-8(13)4-14-9/h1-4,13H. The Kier molecular flexibility index (Phi) is 2.63. The van der Waals surface area contributed by atoms with Gasteiger partial charge in [0.2, 0.25) is 5.88 Å². The molecule has 1 N–H and O–H groups in total. The number of hydrogen-bond acceptors (Lipinski definition) is 3. The van der Waals surface area contributed by atoms with E-state index >= 15 is 0 Å². The zero-order valence-electron chi connectivity index (χ0n) is 6.87. The van der Waals surface area contributed by atoms with E-state index in [1.165, 1.54) is 11.3 Å². The molecule has 1 aromatic heterocycles. The Hall–Kier alpha value is -0.770. The number of halogens is 2. The third-order valence-corrected chi connectivity index (χ3v) is 3.06. The molecular weight excluding hydrogens is 241 g/mol. The molecule has 2 aromatic rings. The van der Waals surface area contributed by atoms with E-state index in [-0.39, 0.29) is 5.88 Å². The van der Waals surface area contributed by atoms with Crippen LogP contribution in [-0.4, -0.2) is 10.1 Å². The highest BCUT2D eigenvalue weighted by Gasteiger charge is 2.08. The molecule has 2 nitrogen and oxygen atoms in total. The van der Waals surface area contributed by atoms with Gasteiger partial charge in [-0.05, 0) is 18.2 Å². The van der Waals surface area contributed by atoms with E-state index < -0.39 is 0 Å². The summed E-state index contributed by atoms with van der Waals surface area (Å²) in [6.45, 7) is 0. The van der Waals surface area contributed by atoms with Gasteiger partial charge in [0, 0.05) is 10.6 Å². The molecule has 0 radical (unpaired) electrons. The summed E-state index contributed by atoms with van der Waals surface area (Å²) in [6, 6.07) is 5.17. The van der Waals surface area contributed by atoms with Gasteiger partial charge in [0.15, 0.2) is 0 Å². The SMILES string of the molecule is Oc1csc(-c2ccc(Cl)cc2Cl)n1. The Balaban J connectivity index is 2.52. The molecule has 0 saturated heterocycles. The molecule has 72 valence electrons. The fourth-order valence-corrected chi connectivity index (χ4v) is 2.33. The molecule has 5 heteroatoms. The van der Waals surface area contributed by atoms with Crippen LogP contribution in [0, 0.1) is 0 Å². The van der Waals surface area contributed by atoms with Gasteiger partial charge in [0.05, 0.1) is 10.4 Å². The van der Waals surface area contributed by atoms with Crippen molar-refractivity contribution in [3.63, 3.8) is 0 Å². The minimum absolute atomic E-state index is 0.0102. The minimum Gasteiger partial charge on any atom is -0.493 e. The van der Waals surface area contributed by atoms with E-state index in [1.807, 2.05) is 0 Å². The number of aromatic nitrogens is 1. The maximum absolute atomic E-state index is 9.09. The third-order valence-electron chi connectivity index (χ3n) is 1.65. The molecule has 0 aliphatic rings. The van der Waals surface area contributed by atoms with Crippen LogP contribution in [-0.2, 0) is 0 Å². The van der Waals surface area contributed by atoms with Crippen molar-refractivity contribution in [3.05, 3.63) is 33.6 Å². The average Bonchev–Trinajstić information content (AvgIpc) is 2.51. The lowest BCUT2D eigenvalue weighted by Crippen LogP contribution is -1.77. The maximum Gasteiger partial charge on any atom is 0.222 e. The van der Waals surface area contributed by atoms with E-state index in [0.717, 1.165) is 5.56 Å². The third kappa shape index (κ3) is 1.85. The fraction of sp³-hybridized carbons (Fsp3) is 0.